The van der Waals surface area contributed by atoms with Gasteiger partial charge in [0.25, 0.3) is 0 Å². The molecule has 15 heavy (non-hydrogen) atoms. The van der Waals surface area contributed by atoms with Crippen molar-refractivity contribution in [1.82, 2.24) is 5.32 Å². The smallest absolute Gasteiger partial charge is 0.0446 e. The molecule has 1 rings (SSSR count). The van der Waals surface area contributed by atoms with Gasteiger partial charge < -0.3 is 10.4 Å². The van der Waals surface area contributed by atoms with Crippen LogP contribution in [0.2, 0.25) is 0 Å². The normalized spacial score (nSPS) is 12.7. The average molecular weight is 225 g/mol. The van der Waals surface area contributed by atoms with Gasteiger partial charge in [0, 0.05) is 23.3 Å². The van der Waals surface area contributed by atoms with Crippen LogP contribution in [-0.4, -0.2) is 30.6 Å². The van der Waals surface area contributed by atoms with Crippen molar-refractivity contribution in [3.63, 3.8) is 0 Å². The van der Waals surface area contributed by atoms with Gasteiger partial charge in [-0.2, -0.15) is 0 Å². The zero-order chi connectivity index (χ0) is 11.1. The number of benzene rings is 1. The lowest BCUT2D eigenvalue weighted by Crippen LogP contribution is -2.28. The van der Waals surface area contributed by atoms with E-state index in [1.165, 1.54) is 10.5 Å². The van der Waals surface area contributed by atoms with E-state index in [-0.39, 0.29) is 6.61 Å². The first-order valence-corrected chi connectivity index (χ1v) is 6.22. The Morgan fingerprint density at radius 1 is 1.33 bits per heavy atom. The first-order valence-electron chi connectivity index (χ1n) is 5.24. The fourth-order valence-electron chi connectivity index (χ4n) is 1.30. The van der Waals surface area contributed by atoms with Gasteiger partial charge in [-0.15, -0.1) is 11.8 Å². The summed E-state index contributed by atoms with van der Waals surface area (Å²) in [4.78, 5) is 1.29. The van der Waals surface area contributed by atoms with Crippen molar-refractivity contribution in [2.24, 2.45) is 0 Å². The quantitative estimate of drug-likeness (QED) is 0.727. The number of aryl methyl sites for hydroxylation is 1. The number of aliphatic hydroxyl groups excluding tert-OH is 1. The molecule has 0 aromatic heterocycles. The van der Waals surface area contributed by atoms with Crippen molar-refractivity contribution in [3.05, 3.63) is 29.8 Å². The molecule has 0 aliphatic carbocycles. The molecule has 0 radical (unpaired) electrons. The third-order valence-corrected chi connectivity index (χ3v) is 3.53. The Morgan fingerprint density at radius 3 is 2.53 bits per heavy atom. The van der Waals surface area contributed by atoms with Crippen molar-refractivity contribution >= 4 is 11.8 Å². The van der Waals surface area contributed by atoms with Crippen molar-refractivity contribution in [1.29, 1.82) is 0 Å². The summed E-state index contributed by atoms with van der Waals surface area (Å²) in [6.45, 7) is 2.34. The summed E-state index contributed by atoms with van der Waals surface area (Å²) in [5, 5.41) is 12.1. The van der Waals surface area contributed by atoms with Gasteiger partial charge in [-0.25, -0.2) is 0 Å². The molecule has 2 nitrogen and oxygen atoms in total. The van der Waals surface area contributed by atoms with Crippen molar-refractivity contribution in [3.8, 4) is 0 Å². The lowest BCUT2D eigenvalue weighted by atomic mass is 10.2. The number of aliphatic hydroxyl groups is 1. The molecule has 1 atom stereocenters. The van der Waals surface area contributed by atoms with Gasteiger partial charge in [-0.05, 0) is 32.5 Å². The van der Waals surface area contributed by atoms with Crippen LogP contribution < -0.4 is 5.32 Å². The van der Waals surface area contributed by atoms with Crippen LogP contribution in [0.25, 0.3) is 0 Å². The van der Waals surface area contributed by atoms with Crippen molar-refractivity contribution in [2.45, 2.75) is 24.3 Å². The van der Waals surface area contributed by atoms with Gasteiger partial charge >= 0.3 is 0 Å². The van der Waals surface area contributed by atoms with E-state index < -0.39 is 0 Å². The highest BCUT2D eigenvalue weighted by molar-refractivity contribution is 7.99. The summed E-state index contributed by atoms with van der Waals surface area (Å²) in [7, 11) is 1.94. The molecule has 0 bridgehead atoms. The van der Waals surface area contributed by atoms with E-state index >= 15 is 0 Å². The van der Waals surface area contributed by atoms with Crippen LogP contribution in [0.5, 0.6) is 0 Å². The maximum atomic E-state index is 8.85. The molecule has 0 amide bonds. The van der Waals surface area contributed by atoms with E-state index in [9.17, 15) is 0 Å². The minimum atomic E-state index is 0.250. The van der Waals surface area contributed by atoms with Crippen LogP contribution in [0.4, 0.5) is 0 Å². The molecule has 0 saturated heterocycles. The highest BCUT2D eigenvalue weighted by atomic mass is 32.2. The SMILES string of the molecule is CNC(CCO)CSc1ccc(C)cc1. The predicted octanol–water partition coefficient (Wildman–Crippen LogP) is 2.06. The van der Waals surface area contributed by atoms with Gasteiger partial charge in [-0.3, -0.25) is 0 Å². The van der Waals surface area contributed by atoms with Crippen LogP contribution in [0.3, 0.4) is 0 Å². The maximum absolute atomic E-state index is 8.85. The van der Waals surface area contributed by atoms with Crippen LogP contribution in [0, 0.1) is 6.92 Å². The molecule has 0 aliphatic rings. The Morgan fingerprint density at radius 2 is 2.00 bits per heavy atom. The summed E-state index contributed by atoms with van der Waals surface area (Å²) in [5.74, 6) is 1.00. The Balaban J connectivity index is 2.38. The average Bonchev–Trinajstić information content (AvgIpc) is 2.26. The molecule has 1 unspecified atom stereocenters. The van der Waals surface area contributed by atoms with Crippen LogP contribution >= 0.6 is 11.8 Å². The molecule has 1 aromatic carbocycles. The summed E-state index contributed by atoms with van der Waals surface area (Å²) in [6, 6.07) is 8.93. The predicted molar refractivity (Wildman–Crippen MR) is 66.5 cm³/mol. The highest BCUT2D eigenvalue weighted by Gasteiger charge is 2.05. The van der Waals surface area contributed by atoms with Crippen LogP contribution in [0.1, 0.15) is 12.0 Å². The van der Waals surface area contributed by atoms with Crippen LogP contribution in [-0.2, 0) is 0 Å². The number of thioether (sulfide) groups is 1. The van der Waals surface area contributed by atoms with Crippen molar-refractivity contribution < 1.29 is 5.11 Å². The second-order valence-corrected chi connectivity index (χ2v) is 4.72. The molecule has 0 spiro atoms. The molecule has 2 N–H and O–H groups in total. The Hall–Kier alpha value is -0.510. The van der Waals surface area contributed by atoms with E-state index in [0.717, 1.165) is 12.2 Å². The van der Waals surface area contributed by atoms with E-state index in [4.69, 9.17) is 5.11 Å². The summed E-state index contributed by atoms with van der Waals surface area (Å²) in [5.41, 5.74) is 1.29. The molecule has 84 valence electrons. The van der Waals surface area contributed by atoms with E-state index in [2.05, 4.69) is 36.5 Å². The fraction of sp³-hybridized carbons (Fsp3) is 0.500. The fourth-order valence-corrected chi connectivity index (χ4v) is 2.35. The van der Waals surface area contributed by atoms with Gasteiger partial charge in [0.05, 0.1) is 0 Å². The zero-order valence-corrected chi connectivity index (χ0v) is 10.2. The number of nitrogens with one attached hydrogen (secondary N) is 1. The third kappa shape index (κ3) is 4.69. The molecular weight excluding hydrogens is 206 g/mol. The summed E-state index contributed by atoms with van der Waals surface area (Å²) in [6.07, 6.45) is 0.815. The maximum Gasteiger partial charge on any atom is 0.0446 e. The number of hydrogen-bond acceptors (Lipinski definition) is 3. The molecule has 3 heteroatoms. The zero-order valence-electron chi connectivity index (χ0n) is 9.36. The highest BCUT2D eigenvalue weighted by Crippen LogP contribution is 2.19. The molecule has 0 fully saturated rings. The number of rotatable bonds is 6. The second kappa shape index (κ2) is 6.88. The Kier molecular flexibility index (Phi) is 5.76. The van der Waals surface area contributed by atoms with Gasteiger partial charge in [0.1, 0.15) is 0 Å². The minimum Gasteiger partial charge on any atom is -0.396 e. The minimum absolute atomic E-state index is 0.250. The van der Waals surface area contributed by atoms with E-state index in [1.807, 2.05) is 18.8 Å². The largest absolute Gasteiger partial charge is 0.396 e. The molecule has 0 aliphatic heterocycles. The Labute approximate surface area is 96.1 Å². The monoisotopic (exact) mass is 225 g/mol. The van der Waals surface area contributed by atoms with E-state index in [1.54, 1.807) is 0 Å². The van der Waals surface area contributed by atoms with Gasteiger partial charge in [-0.1, -0.05) is 17.7 Å². The van der Waals surface area contributed by atoms with Crippen molar-refractivity contribution in [2.75, 3.05) is 19.4 Å². The summed E-state index contributed by atoms with van der Waals surface area (Å²) < 4.78 is 0. The first-order chi connectivity index (χ1) is 7.26. The third-order valence-electron chi connectivity index (χ3n) is 2.36. The second-order valence-electron chi connectivity index (χ2n) is 3.62. The Bertz CT molecular complexity index is 273. The molecule has 0 saturated carbocycles. The summed E-state index contributed by atoms with van der Waals surface area (Å²) >= 11 is 1.83. The van der Waals surface area contributed by atoms with Gasteiger partial charge in [0.2, 0.25) is 0 Å². The lowest BCUT2D eigenvalue weighted by Gasteiger charge is -2.14. The van der Waals surface area contributed by atoms with Gasteiger partial charge in [0.15, 0.2) is 0 Å². The molecule has 0 heterocycles. The topological polar surface area (TPSA) is 32.3 Å². The molecule has 1 aromatic rings. The standard InChI is InChI=1S/C12H19NOS/c1-10-3-5-12(6-4-10)15-9-11(13-2)7-8-14/h3-6,11,13-14H,7-9H2,1-2H3. The van der Waals surface area contributed by atoms with Crippen LogP contribution in [0.15, 0.2) is 29.2 Å². The molecular formula is C12H19NOS. The lowest BCUT2D eigenvalue weighted by molar-refractivity contribution is 0.273. The first kappa shape index (κ1) is 12.6. The number of hydrogen-bond donors (Lipinski definition) is 2. The van der Waals surface area contributed by atoms with E-state index in [0.29, 0.717) is 6.04 Å².